The van der Waals surface area contributed by atoms with Gasteiger partial charge < -0.3 is 5.32 Å². The van der Waals surface area contributed by atoms with E-state index < -0.39 is 10.0 Å². The largest absolute Gasteiger partial charge is 0.356 e. The third kappa shape index (κ3) is 5.81. The lowest BCUT2D eigenvalue weighted by molar-refractivity contribution is -0.126. The van der Waals surface area contributed by atoms with E-state index in [1.807, 2.05) is 31.2 Å². The van der Waals surface area contributed by atoms with Gasteiger partial charge in [-0.15, -0.1) is 0 Å². The normalized spacial score (nSPS) is 17.8. The van der Waals surface area contributed by atoms with Crippen molar-refractivity contribution in [3.05, 3.63) is 64.7 Å². The number of carbonyl (C=O) groups excluding carboxylic acids is 1. The van der Waals surface area contributed by atoms with Gasteiger partial charge in [0.1, 0.15) is 0 Å². The van der Waals surface area contributed by atoms with Gasteiger partial charge in [-0.1, -0.05) is 41.4 Å². The molecule has 1 aliphatic heterocycles. The van der Waals surface area contributed by atoms with E-state index in [2.05, 4.69) is 5.32 Å². The van der Waals surface area contributed by atoms with Gasteiger partial charge >= 0.3 is 0 Å². The molecular weight excluding hydrogens is 408 g/mol. The maximum atomic E-state index is 12.9. The highest BCUT2D eigenvalue weighted by Gasteiger charge is 2.33. The summed E-state index contributed by atoms with van der Waals surface area (Å²) in [6.07, 6.45) is 3.08. The molecule has 3 rings (SSSR count). The first-order chi connectivity index (χ1) is 13.9. The summed E-state index contributed by atoms with van der Waals surface area (Å²) in [7, 11) is -3.57. The SMILES string of the molecule is Cc1ccc(S(=O)(=O)N2CCC[C@H](C(=O)NCCCc3ccc(Cl)cc3)C2)cc1. The third-order valence-electron chi connectivity index (χ3n) is 5.27. The van der Waals surface area contributed by atoms with E-state index in [1.165, 1.54) is 9.87 Å². The number of nitrogens with one attached hydrogen (secondary N) is 1. The molecule has 0 aromatic heterocycles. The van der Waals surface area contributed by atoms with Crippen LogP contribution in [0.3, 0.4) is 0 Å². The minimum absolute atomic E-state index is 0.0649. The number of carbonyl (C=O) groups is 1. The molecule has 29 heavy (non-hydrogen) atoms. The molecule has 1 fully saturated rings. The Morgan fingerprint density at radius 2 is 1.83 bits per heavy atom. The van der Waals surface area contributed by atoms with E-state index in [0.717, 1.165) is 18.4 Å². The molecule has 1 saturated heterocycles. The minimum atomic E-state index is -3.57. The Bertz CT molecular complexity index is 928. The van der Waals surface area contributed by atoms with Crippen molar-refractivity contribution in [2.45, 2.75) is 37.5 Å². The predicted molar refractivity (Wildman–Crippen MR) is 115 cm³/mol. The second-order valence-electron chi connectivity index (χ2n) is 7.54. The van der Waals surface area contributed by atoms with Gasteiger partial charge in [0, 0.05) is 24.7 Å². The second-order valence-corrected chi connectivity index (χ2v) is 9.91. The van der Waals surface area contributed by atoms with Gasteiger partial charge in [-0.3, -0.25) is 4.79 Å². The standard InChI is InChI=1S/C22H27ClN2O3S/c1-17-6-12-21(13-7-17)29(27,28)25-15-3-5-19(16-25)22(26)24-14-2-4-18-8-10-20(23)11-9-18/h6-13,19H,2-5,14-16H2,1H3,(H,24,26)/t19-/m0/s1. The number of hydrogen-bond donors (Lipinski definition) is 1. The van der Waals surface area contributed by atoms with Crippen molar-refractivity contribution < 1.29 is 13.2 Å². The van der Waals surface area contributed by atoms with E-state index >= 15 is 0 Å². The van der Waals surface area contributed by atoms with Crippen molar-refractivity contribution in [2.24, 2.45) is 5.92 Å². The Balaban J connectivity index is 1.51. The van der Waals surface area contributed by atoms with Gasteiger partial charge in [0.05, 0.1) is 10.8 Å². The number of benzene rings is 2. The van der Waals surface area contributed by atoms with Crippen LogP contribution < -0.4 is 5.32 Å². The molecule has 1 aliphatic rings. The summed E-state index contributed by atoms with van der Waals surface area (Å²) < 4.78 is 27.2. The number of nitrogens with zero attached hydrogens (tertiary/aromatic N) is 1. The second kappa shape index (κ2) is 9.74. The molecule has 1 heterocycles. The van der Waals surface area contributed by atoms with Gasteiger partial charge in [0.25, 0.3) is 0 Å². The highest BCUT2D eigenvalue weighted by Crippen LogP contribution is 2.24. The molecule has 2 aromatic carbocycles. The first-order valence-electron chi connectivity index (χ1n) is 9.95. The fourth-order valence-electron chi connectivity index (χ4n) is 3.53. The summed E-state index contributed by atoms with van der Waals surface area (Å²) in [5, 5.41) is 3.68. The molecular formula is C22H27ClN2O3S. The maximum absolute atomic E-state index is 12.9. The zero-order valence-corrected chi connectivity index (χ0v) is 18.2. The molecule has 0 saturated carbocycles. The van der Waals surface area contributed by atoms with Crippen molar-refractivity contribution >= 4 is 27.5 Å². The number of hydrogen-bond acceptors (Lipinski definition) is 3. The Hall–Kier alpha value is -1.89. The summed E-state index contributed by atoms with van der Waals surface area (Å²) in [6, 6.07) is 14.5. The zero-order chi connectivity index (χ0) is 20.9. The van der Waals surface area contributed by atoms with Crippen LogP contribution in [0.1, 0.15) is 30.4 Å². The number of halogens is 1. The quantitative estimate of drug-likeness (QED) is 0.674. The van der Waals surface area contributed by atoms with Gasteiger partial charge in [0.15, 0.2) is 0 Å². The van der Waals surface area contributed by atoms with Crippen LogP contribution in [0.5, 0.6) is 0 Å². The number of amides is 1. The van der Waals surface area contributed by atoms with Gasteiger partial charge in [0.2, 0.25) is 15.9 Å². The molecule has 7 heteroatoms. The van der Waals surface area contributed by atoms with Crippen molar-refractivity contribution in [1.29, 1.82) is 0 Å². The van der Waals surface area contributed by atoms with E-state index in [4.69, 9.17) is 11.6 Å². The number of aryl methyl sites for hydroxylation is 2. The van der Waals surface area contributed by atoms with Gasteiger partial charge in [-0.2, -0.15) is 4.31 Å². The topological polar surface area (TPSA) is 66.5 Å². The molecule has 0 bridgehead atoms. The van der Waals surface area contributed by atoms with Crippen molar-refractivity contribution in [1.82, 2.24) is 9.62 Å². The van der Waals surface area contributed by atoms with Crippen molar-refractivity contribution in [3.63, 3.8) is 0 Å². The van der Waals surface area contributed by atoms with Crippen LogP contribution >= 0.6 is 11.6 Å². The van der Waals surface area contributed by atoms with Gasteiger partial charge in [-0.05, 0) is 62.4 Å². The Labute approximate surface area is 178 Å². The van der Waals surface area contributed by atoms with Crippen molar-refractivity contribution in [3.8, 4) is 0 Å². The Morgan fingerprint density at radius 3 is 2.52 bits per heavy atom. The lowest BCUT2D eigenvalue weighted by Gasteiger charge is -2.31. The molecule has 1 atom stereocenters. The summed E-state index contributed by atoms with van der Waals surface area (Å²) in [4.78, 5) is 12.8. The monoisotopic (exact) mass is 434 g/mol. The molecule has 2 aromatic rings. The summed E-state index contributed by atoms with van der Waals surface area (Å²) in [5.74, 6) is -0.371. The average molecular weight is 435 g/mol. The molecule has 0 spiro atoms. The van der Waals surface area contributed by atoms with Crippen LogP contribution in [0.2, 0.25) is 5.02 Å². The summed E-state index contributed by atoms with van der Waals surface area (Å²) in [6.45, 7) is 3.18. The lowest BCUT2D eigenvalue weighted by atomic mass is 9.99. The Morgan fingerprint density at radius 1 is 1.14 bits per heavy atom. The summed E-state index contributed by atoms with van der Waals surface area (Å²) in [5.41, 5.74) is 2.19. The molecule has 0 aliphatic carbocycles. The fraction of sp³-hybridized carbons (Fsp3) is 0.409. The number of piperidine rings is 1. The molecule has 156 valence electrons. The van der Waals surface area contributed by atoms with E-state index in [0.29, 0.717) is 31.0 Å². The number of rotatable bonds is 7. The van der Waals surface area contributed by atoms with E-state index in [-0.39, 0.29) is 23.3 Å². The van der Waals surface area contributed by atoms with Crippen molar-refractivity contribution in [2.75, 3.05) is 19.6 Å². The van der Waals surface area contributed by atoms with Crippen LogP contribution in [0, 0.1) is 12.8 Å². The molecule has 0 unspecified atom stereocenters. The van der Waals surface area contributed by atoms with Crippen LogP contribution in [-0.4, -0.2) is 38.3 Å². The lowest BCUT2D eigenvalue weighted by Crippen LogP contribution is -2.45. The number of sulfonamides is 1. The van der Waals surface area contributed by atoms with Crippen LogP contribution in [0.25, 0.3) is 0 Å². The first kappa shape index (κ1) is 21.8. The molecule has 5 nitrogen and oxygen atoms in total. The summed E-state index contributed by atoms with van der Waals surface area (Å²) >= 11 is 5.89. The van der Waals surface area contributed by atoms with Gasteiger partial charge in [-0.25, -0.2) is 8.42 Å². The predicted octanol–water partition coefficient (Wildman–Crippen LogP) is 3.80. The highest BCUT2D eigenvalue weighted by molar-refractivity contribution is 7.89. The maximum Gasteiger partial charge on any atom is 0.243 e. The zero-order valence-electron chi connectivity index (χ0n) is 16.6. The first-order valence-corrected chi connectivity index (χ1v) is 11.8. The fourth-order valence-corrected chi connectivity index (χ4v) is 5.18. The van der Waals surface area contributed by atoms with E-state index in [1.54, 1.807) is 24.3 Å². The minimum Gasteiger partial charge on any atom is -0.356 e. The smallest absolute Gasteiger partial charge is 0.243 e. The molecule has 1 amide bonds. The van der Waals surface area contributed by atoms with Crippen LogP contribution in [0.15, 0.2) is 53.4 Å². The molecule has 1 N–H and O–H groups in total. The van der Waals surface area contributed by atoms with E-state index in [9.17, 15) is 13.2 Å². The Kier molecular flexibility index (Phi) is 7.33. The third-order valence-corrected chi connectivity index (χ3v) is 7.40. The van der Waals surface area contributed by atoms with Crippen LogP contribution in [0.4, 0.5) is 0 Å². The average Bonchev–Trinajstić information content (AvgIpc) is 2.73. The highest BCUT2D eigenvalue weighted by atomic mass is 35.5. The molecule has 0 radical (unpaired) electrons. The van der Waals surface area contributed by atoms with Crippen LogP contribution in [-0.2, 0) is 21.2 Å².